The SMILES string of the molecule is N#CC1=C(N)Oc2c(ccc3cccnc23)[C@H]1c1cccc(Br)c1. The van der Waals surface area contributed by atoms with Gasteiger partial charge < -0.3 is 10.5 Å². The number of rotatable bonds is 1. The Morgan fingerprint density at radius 2 is 2.04 bits per heavy atom. The Kier molecular flexibility index (Phi) is 3.47. The molecule has 4 nitrogen and oxygen atoms in total. The van der Waals surface area contributed by atoms with E-state index in [2.05, 4.69) is 27.0 Å². The predicted molar refractivity (Wildman–Crippen MR) is 95.2 cm³/mol. The van der Waals surface area contributed by atoms with E-state index in [0.717, 1.165) is 26.5 Å². The number of nitrogens with zero attached hydrogens (tertiary/aromatic N) is 2. The van der Waals surface area contributed by atoms with E-state index < -0.39 is 0 Å². The maximum absolute atomic E-state index is 9.61. The molecule has 0 saturated heterocycles. The monoisotopic (exact) mass is 377 g/mol. The van der Waals surface area contributed by atoms with Crippen molar-refractivity contribution >= 4 is 26.8 Å². The Balaban J connectivity index is 2.02. The number of benzene rings is 2. The first-order chi connectivity index (χ1) is 11.7. The smallest absolute Gasteiger partial charge is 0.205 e. The molecule has 1 aliphatic rings. The molecule has 0 amide bonds. The Labute approximate surface area is 147 Å². The molecule has 5 heteroatoms. The number of pyridine rings is 1. The molecular formula is C19H12BrN3O. The van der Waals surface area contributed by atoms with Crippen LogP contribution in [0.4, 0.5) is 0 Å². The van der Waals surface area contributed by atoms with Crippen molar-refractivity contribution in [1.29, 1.82) is 5.26 Å². The molecule has 3 aromatic rings. The predicted octanol–water partition coefficient (Wildman–Crippen LogP) is 4.22. The quantitative estimate of drug-likeness (QED) is 0.688. The molecule has 0 saturated carbocycles. The van der Waals surface area contributed by atoms with Crippen molar-refractivity contribution in [3.8, 4) is 11.8 Å². The highest BCUT2D eigenvalue weighted by molar-refractivity contribution is 9.10. The van der Waals surface area contributed by atoms with E-state index in [1.165, 1.54) is 0 Å². The Morgan fingerprint density at radius 1 is 1.17 bits per heavy atom. The summed E-state index contributed by atoms with van der Waals surface area (Å²) in [4.78, 5) is 4.43. The second kappa shape index (κ2) is 5.66. The van der Waals surface area contributed by atoms with Gasteiger partial charge in [0.1, 0.15) is 17.2 Å². The molecule has 2 heterocycles. The molecule has 24 heavy (non-hydrogen) atoms. The van der Waals surface area contributed by atoms with Gasteiger partial charge in [0.25, 0.3) is 0 Å². The average Bonchev–Trinajstić information content (AvgIpc) is 2.60. The lowest BCUT2D eigenvalue weighted by atomic mass is 9.83. The fourth-order valence-electron chi connectivity index (χ4n) is 3.08. The number of allylic oxidation sites excluding steroid dienone is 1. The van der Waals surface area contributed by atoms with Gasteiger partial charge in [-0.15, -0.1) is 0 Å². The minimum atomic E-state index is -0.275. The molecule has 0 fully saturated rings. The van der Waals surface area contributed by atoms with E-state index in [1.54, 1.807) is 6.20 Å². The summed E-state index contributed by atoms with van der Waals surface area (Å²) < 4.78 is 6.74. The van der Waals surface area contributed by atoms with Crippen molar-refractivity contribution in [2.24, 2.45) is 5.73 Å². The van der Waals surface area contributed by atoms with Gasteiger partial charge in [0.05, 0.1) is 5.92 Å². The molecule has 0 spiro atoms. The van der Waals surface area contributed by atoms with E-state index in [9.17, 15) is 5.26 Å². The van der Waals surface area contributed by atoms with Crippen molar-refractivity contribution < 1.29 is 4.74 Å². The summed E-state index contributed by atoms with van der Waals surface area (Å²) in [6, 6.07) is 17.9. The van der Waals surface area contributed by atoms with Crippen molar-refractivity contribution in [2.45, 2.75) is 5.92 Å². The van der Waals surface area contributed by atoms with Crippen LogP contribution in [-0.2, 0) is 0 Å². The summed E-state index contributed by atoms with van der Waals surface area (Å²) in [5.74, 6) is 0.477. The number of hydrogen-bond donors (Lipinski definition) is 1. The lowest BCUT2D eigenvalue weighted by molar-refractivity contribution is 0.397. The zero-order chi connectivity index (χ0) is 16.7. The molecular weight excluding hydrogens is 366 g/mol. The van der Waals surface area contributed by atoms with Crippen LogP contribution in [0.5, 0.6) is 5.75 Å². The second-order valence-electron chi connectivity index (χ2n) is 5.54. The molecule has 0 radical (unpaired) electrons. The first kappa shape index (κ1) is 14.7. The van der Waals surface area contributed by atoms with Crippen LogP contribution in [-0.4, -0.2) is 4.98 Å². The van der Waals surface area contributed by atoms with Crippen LogP contribution < -0.4 is 10.5 Å². The third kappa shape index (κ3) is 2.24. The van der Waals surface area contributed by atoms with Crippen LogP contribution in [0.2, 0.25) is 0 Å². The fraction of sp³-hybridized carbons (Fsp3) is 0.0526. The van der Waals surface area contributed by atoms with Crippen LogP contribution >= 0.6 is 15.9 Å². The van der Waals surface area contributed by atoms with Crippen LogP contribution in [0, 0.1) is 11.3 Å². The molecule has 0 aliphatic carbocycles. The van der Waals surface area contributed by atoms with E-state index in [1.807, 2.05) is 48.5 Å². The van der Waals surface area contributed by atoms with Gasteiger partial charge in [-0.1, -0.05) is 46.3 Å². The van der Waals surface area contributed by atoms with Crippen molar-refractivity contribution in [3.05, 3.63) is 81.8 Å². The molecule has 0 unspecified atom stereocenters. The first-order valence-electron chi connectivity index (χ1n) is 7.39. The number of hydrogen-bond acceptors (Lipinski definition) is 4. The summed E-state index contributed by atoms with van der Waals surface area (Å²) in [5, 5.41) is 10.6. The van der Waals surface area contributed by atoms with Crippen LogP contribution in [0.15, 0.2) is 70.7 Å². The maximum Gasteiger partial charge on any atom is 0.205 e. The average molecular weight is 378 g/mol. The Morgan fingerprint density at radius 3 is 2.83 bits per heavy atom. The summed E-state index contributed by atoms with van der Waals surface area (Å²) in [6.45, 7) is 0. The number of fused-ring (bicyclic) bond motifs is 3. The topological polar surface area (TPSA) is 71.9 Å². The summed E-state index contributed by atoms with van der Waals surface area (Å²) in [6.07, 6.45) is 1.72. The Hall–Kier alpha value is -2.84. The van der Waals surface area contributed by atoms with Gasteiger partial charge in [-0.05, 0) is 23.8 Å². The van der Waals surface area contributed by atoms with Gasteiger partial charge in [0, 0.05) is 21.6 Å². The number of halogens is 1. The fourth-order valence-corrected chi connectivity index (χ4v) is 3.50. The molecule has 1 aliphatic heterocycles. The van der Waals surface area contributed by atoms with Crippen LogP contribution in [0.25, 0.3) is 10.9 Å². The number of ether oxygens (including phenoxy) is 1. The van der Waals surface area contributed by atoms with E-state index in [4.69, 9.17) is 10.5 Å². The van der Waals surface area contributed by atoms with Crippen LogP contribution in [0.1, 0.15) is 17.0 Å². The van der Waals surface area contributed by atoms with Crippen molar-refractivity contribution in [1.82, 2.24) is 4.98 Å². The molecule has 1 atom stereocenters. The number of nitriles is 1. The third-order valence-corrected chi connectivity index (χ3v) is 4.63. The van der Waals surface area contributed by atoms with Crippen molar-refractivity contribution in [3.63, 3.8) is 0 Å². The molecule has 0 bridgehead atoms. The van der Waals surface area contributed by atoms with Gasteiger partial charge >= 0.3 is 0 Å². The molecule has 116 valence electrons. The van der Waals surface area contributed by atoms with Gasteiger partial charge in [0.15, 0.2) is 5.75 Å². The summed E-state index contributed by atoms with van der Waals surface area (Å²) >= 11 is 3.49. The normalized spacial score (nSPS) is 16.4. The zero-order valence-corrected chi connectivity index (χ0v) is 14.1. The molecule has 4 rings (SSSR count). The van der Waals surface area contributed by atoms with E-state index >= 15 is 0 Å². The number of nitrogens with two attached hydrogens (primary N) is 1. The highest BCUT2D eigenvalue weighted by Crippen LogP contribution is 2.44. The Bertz CT molecular complexity index is 1040. The van der Waals surface area contributed by atoms with Gasteiger partial charge in [0.2, 0.25) is 5.88 Å². The number of aromatic nitrogens is 1. The highest BCUT2D eigenvalue weighted by atomic mass is 79.9. The minimum absolute atomic E-state index is 0.133. The molecule has 2 aromatic carbocycles. The summed E-state index contributed by atoms with van der Waals surface area (Å²) in [5.41, 5.74) is 9.08. The molecule has 2 N–H and O–H groups in total. The lowest BCUT2D eigenvalue weighted by Gasteiger charge is -2.27. The second-order valence-corrected chi connectivity index (χ2v) is 6.45. The maximum atomic E-state index is 9.61. The zero-order valence-electron chi connectivity index (χ0n) is 12.5. The van der Waals surface area contributed by atoms with Gasteiger partial charge in [-0.2, -0.15) is 5.26 Å². The van der Waals surface area contributed by atoms with E-state index in [-0.39, 0.29) is 11.8 Å². The standard InChI is InChI=1S/C19H12BrN3O/c20-13-5-1-3-12(9-13)16-14-7-6-11-4-2-8-23-17(11)18(14)24-19(22)15(16)10-21/h1-9,16H,22H2/t16-/m1/s1. The lowest BCUT2D eigenvalue weighted by Crippen LogP contribution is -2.21. The molecule has 1 aromatic heterocycles. The first-order valence-corrected chi connectivity index (χ1v) is 8.19. The third-order valence-electron chi connectivity index (χ3n) is 4.14. The highest BCUT2D eigenvalue weighted by Gasteiger charge is 2.32. The minimum Gasteiger partial charge on any atom is -0.438 e. The largest absolute Gasteiger partial charge is 0.438 e. The summed E-state index contributed by atoms with van der Waals surface area (Å²) in [7, 11) is 0. The van der Waals surface area contributed by atoms with Crippen LogP contribution in [0.3, 0.4) is 0 Å². The van der Waals surface area contributed by atoms with Gasteiger partial charge in [-0.25, -0.2) is 0 Å². The van der Waals surface area contributed by atoms with E-state index in [0.29, 0.717) is 11.3 Å². The van der Waals surface area contributed by atoms with Crippen molar-refractivity contribution in [2.75, 3.05) is 0 Å². The van der Waals surface area contributed by atoms with Gasteiger partial charge in [-0.3, -0.25) is 4.98 Å².